The number of hydrogen-bond donors (Lipinski definition) is 3. The Hall–Kier alpha value is -1.26. The number of rotatable bonds is 5. The number of nitrogens with zero attached hydrogens (tertiary/aromatic N) is 2. The van der Waals surface area contributed by atoms with E-state index < -0.39 is 11.7 Å². The quantitative estimate of drug-likeness (QED) is 0.243. The van der Waals surface area contributed by atoms with Crippen molar-refractivity contribution in [1.29, 1.82) is 0 Å². The van der Waals surface area contributed by atoms with Gasteiger partial charge in [0, 0.05) is 39.6 Å². The molecule has 0 aromatic carbocycles. The molecule has 0 aromatic heterocycles. The minimum absolute atomic E-state index is 0. The Bertz CT molecular complexity index is 465. The van der Waals surface area contributed by atoms with E-state index in [-0.39, 0.29) is 35.8 Å². The largest absolute Gasteiger partial charge is 0.444 e. The SMILES string of the molecule is CN=C(NCCNC(=O)OC(C)(C)C)N1CCCC(CC(N)=O)C1.I. The summed E-state index contributed by atoms with van der Waals surface area (Å²) in [7, 11) is 1.72. The first-order chi connectivity index (χ1) is 11.2. The van der Waals surface area contributed by atoms with Crippen LogP contribution in [-0.2, 0) is 9.53 Å². The number of nitrogens with one attached hydrogen (secondary N) is 2. The van der Waals surface area contributed by atoms with Gasteiger partial charge in [-0.3, -0.25) is 9.79 Å². The van der Waals surface area contributed by atoms with Crippen molar-refractivity contribution in [3.05, 3.63) is 0 Å². The predicted octanol–water partition coefficient (Wildman–Crippen LogP) is 1.29. The number of guanidine groups is 1. The van der Waals surface area contributed by atoms with Gasteiger partial charge in [0.2, 0.25) is 5.91 Å². The van der Waals surface area contributed by atoms with Crippen LogP contribution in [0, 0.1) is 5.92 Å². The van der Waals surface area contributed by atoms with E-state index in [2.05, 4.69) is 20.5 Å². The van der Waals surface area contributed by atoms with Gasteiger partial charge in [-0.2, -0.15) is 0 Å². The van der Waals surface area contributed by atoms with Crippen LogP contribution in [-0.4, -0.2) is 61.7 Å². The fraction of sp³-hybridized carbons (Fsp3) is 0.812. The number of aliphatic imine (C=N–C) groups is 1. The van der Waals surface area contributed by atoms with Gasteiger partial charge < -0.3 is 26.0 Å². The summed E-state index contributed by atoms with van der Waals surface area (Å²) >= 11 is 0. The second-order valence-electron chi connectivity index (χ2n) is 7.03. The summed E-state index contributed by atoms with van der Waals surface area (Å²) in [6, 6.07) is 0. The van der Waals surface area contributed by atoms with Crippen LogP contribution in [0.15, 0.2) is 4.99 Å². The standard InChI is InChI=1S/C16H31N5O3.HI/c1-16(2,3)24-15(23)20-8-7-19-14(18-4)21-9-5-6-12(11-21)10-13(17)22;/h12H,5-11H2,1-4H3,(H2,17,22)(H,18,19)(H,20,23);1H. The van der Waals surface area contributed by atoms with E-state index in [1.54, 1.807) is 7.05 Å². The van der Waals surface area contributed by atoms with Crippen LogP contribution in [0.4, 0.5) is 4.79 Å². The molecule has 2 amide bonds. The molecule has 8 nitrogen and oxygen atoms in total. The number of amides is 2. The molecule has 1 saturated heterocycles. The fourth-order valence-corrected chi connectivity index (χ4v) is 2.69. The molecule has 1 aliphatic rings. The maximum absolute atomic E-state index is 11.6. The highest BCUT2D eigenvalue weighted by Gasteiger charge is 2.23. The molecule has 1 fully saturated rings. The maximum atomic E-state index is 11.6. The first-order valence-electron chi connectivity index (χ1n) is 8.42. The van der Waals surface area contributed by atoms with Crippen LogP contribution < -0.4 is 16.4 Å². The zero-order valence-corrected chi connectivity index (χ0v) is 18.0. The van der Waals surface area contributed by atoms with Gasteiger partial charge in [-0.05, 0) is 39.5 Å². The third kappa shape index (κ3) is 10.4. The van der Waals surface area contributed by atoms with Crippen LogP contribution in [0.1, 0.15) is 40.0 Å². The van der Waals surface area contributed by atoms with Crippen LogP contribution in [0.2, 0.25) is 0 Å². The Morgan fingerprint density at radius 1 is 1.28 bits per heavy atom. The van der Waals surface area contributed by atoms with Crippen molar-refractivity contribution in [2.75, 3.05) is 33.2 Å². The van der Waals surface area contributed by atoms with Gasteiger partial charge in [0.05, 0.1) is 0 Å². The lowest BCUT2D eigenvalue weighted by Crippen LogP contribution is -2.48. The lowest BCUT2D eigenvalue weighted by molar-refractivity contribution is -0.119. The third-order valence-corrected chi connectivity index (χ3v) is 3.60. The molecule has 0 bridgehead atoms. The number of ether oxygens (including phenoxy) is 1. The Morgan fingerprint density at radius 3 is 2.48 bits per heavy atom. The van der Waals surface area contributed by atoms with Crippen LogP contribution in [0.5, 0.6) is 0 Å². The molecule has 1 unspecified atom stereocenters. The molecule has 0 radical (unpaired) electrons. The number of piperidine rings is 1. The first-order valence-corrected chi connectivity index (χ1v) is 8.42. The highest BCUT2D eigenvalue weighted by atomic mass is 127. The Morgan fingerprint density at radius 2 is 1.92 bits per heavy atom. The van der Waals surface area contributed by atoms with Gasteiger partial charge in [-0.25, -0.2) is 4.79 Å². The van der Waals surface area contributed by atoms with Crippen LogP contribution in [0.3, 0.4) is 0 Å². The average Bonchev–Trinajstić information content (AvgIpc) is 2.45. The zero-order chi connectivity index (χ0) is 18.2. The highest BCUT2D eigenvalue weighted by molar-refractivity contribution is 14.0. The van der Waals surface area contributed by atoms with Crippen molar-refractivity contribution in [3.63, 3.8) is 0 Å². The summed E-state index contributed by atoms with van der Waals surface area (Å²) in [6.07, 6.45) is 2.00. The Labute approximate surface area is 167 Å². The van der Waals surface area contributed by atoms with E-state index in [1.165, 1.54) is 0 Å². The smallest absolute Gasteiger partial charge is 0.407 e. The lowest BCUT2D eigenvalue weighted by atomic mass is 9.95. The number of likely N-dealkylation sites (tertiary alicyclic amines) is 1. The topological polar surface area (TPSA) is 109 Å². The molecule has 0 aromatic rings. The molecule has 25 heavy (non-hydrogen) atoms. The van der Waals surface area contributed by atoms with Crippen molar-refractivity contribution in [2.45, 2.75) is 45.6 Å². The number of alkyl carbamates (subject to hydrolysis) is 1. The molecule has 0 spiro atoms. The monoisotopic (exact) mass is 469 g/mol. The molecule has 4 N–H and O–H groups in total. The van der Waals surface area contributed by atoms with Crippen molar-refractivity contribution in [2.24, 2.45) is 16.6 Å². The molecular formula is C16H32IN5O3. The van der Waals surface area contributed by atoms with Gasteiger partial charge in [0.1, 0.15) is 5.60 Å². The summed E-state index contributed by atoms with van der Waals surface area (Å²) in [5.41, 5.74) is 4.79. The van der Waals surface area contributed by atoms with Crippen molar-refractivity contribution in [1.82, 2.24) is 15.5 Å². The van der Waals surface area contributed by atoms with E-state index in [1.807, 2.05) is 20.8 Å². The van der Waals surface area contributed by atoms with Gasteiger partial charge in [-0.1, -0.05) is 0 Å². The van der Waals surface area contributed by atoms with Crippen molar-refractivity contribution < 1.29 is 14.3 Å². The Kier molecular flexibility index (Phi) is 10.8. The average molecular weight is 469 g/mol. The summed E-state index contributed by atoms with van der Waals surface area (Å²) in [4.78, 5) is 29.1. The van der Waals surface area contributed by atoms with Gasteiger partial charge in [0.25, 0.3) is 0 Å². The summed E-state index contributed by atoms with van der Waals surface area (Å²) < 4.78 is 5.18. The molecule has 1 aliphatic heterocycles. The van der Waals surface area contributed by atoms with Gasteiger partial charge in [-0.15, -0.1) is 24.0 Å². The number of carbonyl (C=O) groups excluding carboxylic acids is 2. The van der Waals surface area contributed by atoms with Crippen molar-refractivity contribution >= 4 is 41.9 Å². The number of primary amides is 1. The number of hydrogen-bond acceptors (Lipinski definition) is 4. The van der Waals surface area contributed by atoms with Crippen molar-refractivity contribution in [3.8, 4) is 0 Å². The second kappa shape index (κ2) is 11.4. The molecule has 0 aliphatic carbocycles. The molecule has 146 valence electrons. The van der Waals surface area contributed by atoms with E-state index >= 15 is 0 Å². The molecule has 1 heterocycles. The lowest BCUT2D eigenvalue weighted by Gasteiger charge is -2.34. The number of carbonyl (C=O) groups is 2. The minimum atomic E-state index is -0.503. The van der Waals surface area contributed by atoms with Gasteiger partial charge in [0.15, 0.2) is 5.96 Å². The minimum Gasteiger partial charge on any atom is -0.444 e. The molecule has 1 atom stereocenters. The van der Waals surface area contributed by atoms with E-state index in [0.29, 0.717) is 19.5 Å². The normalized spacial score (nSPS) is 18.2. The fourth-order valence-electron chi connectivity index (χ4n) is 2.69. The Balaban J connectivity index is 0.00000576. The second-order valence-corrected chi connectivity index (χ2v) is 7.03. The molecule has 1 rings (SSSR count). The van der Waals surface area contributed by atoms with E-state index in [4.69, 9.17) is 10.5 Å². The van der Waals surface area contributed by atoms with Crippen LogP contribution >= 0.6 is 24.0 Å². The first kappa shape index (κ1) is 23.7. The molecule has 0 saturated carbocycles. The van der Waals surface area contributed by atoms with Crippen LogP contribution in [0.25, 0.3) is 0 Å². The third-order valence-electron chi connectivity index (χ3n) is 3.60. The zero-order valence-electron chi connectivity index (χ0n) is 15.6. The molecular weight excluding hydrogens is 437 g/mol. The summed E-state index contributed by atoms with van der Waals surface area (Å²) in [5.74, 6) is 0.788. The number of nitrogens with two attached hydrogens (primary N) is 1. The molecule has 9 heteroatoms. The summed E-state index contributed by atoms with van der Waals surface area (Å²) in [5, 5.41) is 5.92. The van der Waals surface area contributed by atoms with E-state index in [0.717, 1.165) is 31.9 Å². The number of halogens is 1. The highest BCUT2D eigenvalue weighted by Crippen LogP contribution is 2.19. The van der Waals surface area contributed by atoms with E-state index in [9.17, 15) is 9.59 Å². The predicted molar refractivity (Wildman–Crippen MR) is 109 cm³/mol. The maximum Gasteiger partial charge on any atom is 0.407 e. The summed E-state index contributed by atoms with van der Waals surface area (Å²) in [6.45, 7) is 8.12. The van der Waals surface area contributed by atoms with Gasteiger partial charge >= 0.3 is 6.09 Å².